The zero-order valence-corrected chi connectivity index (χ0v) is 10.9. The van der Waals surface area contributed by atoms with Crippen molar-refractivity contribution >= 4 is 28.9 Å². The first-order valence-electron chi connectivity index (χ1n) is 5.55. The molecule has 1 aromatic carbocycles. The molecule has 0 radical (unpaired) electrons. The predicted molar refractivity (Wildman–Crippen MR) is 70.6 cm³/mol. The standard InChI is InChI=1S/C12H16Cl2N2/c1-16-6-2-3-10(8-16)15-9-4-5-11(13)12(14)7-9/h4-5,7,10,15H,2-3,6,8H2,1H3. The summed E-state index contributed by atoms with van der Waals surface area (Å²) >= 11 is 11.9. The molecule has 16 heavy (non-hydrogen) atoms. The number of anilines is 1. The number of hydrogen-bond acceptors (Lipinski definition) is 2. The van der Waals surface area contributed by atoms with Crippen molar-refractivity contribution in [1.82, 2.24) is 4.90 Å². The van der Waals surface area contributed by atoms with Gasteiger partial charge in [-0.3, -0.25) is 0 Å². The average Bonchev–Trinajstić information content (AvgIpc) is 2.24. The molecule has 0 amide bonds. The molecule has 1 unspecified atom stereocenters. The third kappa shape index (κ3) is 3.03. The average molecular weight is 259 g/mol. The largest absolute Gasteiger partial charge is 0.381 e. The molecule has 1 fully saturated rings. The lowest BCUT2D eigenvalue weighted by Gasteiger charge is -2.30. The smallest absolute Gasteiger partial charge is 0.0612 e. The molecule has 1 saturated heterocycles. The number of piperidine rings is 1. The zero-order valence-electron chi connectivity index (χ0n) is 9.34. The topological polar surface area (TPSA) is 15.3 Å². The van der Waals surface area contributed by atoms with E-state index in [0.717, 1.165) is 12.2 Å². The summed E-state index contributed by atoms with van der Waals surface area (Å²) in [6, 6.07) is 6.20. The van der Waals surface area contributed by atoms with Crippen LogP contribution < -0.4 is 5.32 Å². The van der Waals surface area contributed by atoms with Gasteiger partial charge < -0.3 is 10.2 Å². The van der Waals surface area contributed by atoms with Crippen LogP contribution in [0.25, 0.3) is 0 Å². The number of rotatable bonds is 2. The van der Waals surface area contributed by atoms with E-state index in [9.17, 15) is 0 Å². The van der Waals surface area contributed by atoms with E-state index in [1.807, 2.05) is 18.2 Å². The minimum Gasteiger partial charge on any atom is -0.381 e. The Balaban J connectivity index is 2.00. The Morgan fingerprint density at radius 3 is 2.81 bits per heavy atom. The van der Waals surface area contributed by atoms with Crippen LogP contribution >= 0.6 is 23.2 Å². The Morgan fingerprint density at radius 1 is 1.31 bits per heavy atom. The summed E-state index contributed by atoms with van der Waals surface area (Å²) in [6.07, 6.45) is 2.46. The lowest BCUT2D eigenvalue weighted by molar-refractivity contribution is 0.261. The van der Waals surface area contributed by atoms with Crippen LogP contribution in [-0.4, -0.2) is 31.1 Å². The lowest BCUT2D eigenvalue weighted by atomic mass is 10.1. The van der Waals surface area contributed by atoms with Gasteiger partial charge in [-0.25, -0.2) is 0 Å². The van der Waals surface area contributed by atoms with E-state index in [1.54, 1.807) is 0 Å². The third-order valence-electron chi connectivity index (χ3n) is 2.91. The van der Waals surface area contributed by atoms with Gasteiger partial charge in [-0.2, -0.15) is 0 Å². The first kappa shape index (κ1) is 12.0. The van der Waals surface area contributed by atoms with Crippen molar-refractivity contribution in [1.29, 1.82) is 0 Å². The summed E-state index contributed by atoms with van der Waals surface area (Å²) in [5.74, 6) is 0. The second-order valence-corrected chi connectivity index (χ2v) is 5.19. The number of nitrogens with one attached hydrogen (secondary N) is 1. The maximum Gasteiger partial charge on any atom is 0.0612 e. The normalized spacial score (nSPS) is 22.1. The van der Waals surface area contributed by atoms with E-state index in [0.29, 0.717) is 16.1 Å². The molecular formula is C12H16Cl2N2. The van der Waals surface area contributed by atoms with Crippen LogP contribution in [0.2, 0.25) is 10.0 Å². The maximum absolute atomic E-state index is 5.98. The minimum absolute atomic E-state index is 0.510. The molecule has 2 nitrogen and oxygen atoms in total. The van der Waals surface area contributed by atoms with Gasteiger partial charge in [0.25, 0.3) is 0 Å². The molecule has 1 aliphatic heterocycles. The van der Waals surface area contributed by atoms with E-state index in [1.165, 1.54) is 19.4 Å². The lowest BCUT2D eigenvalue weighted by Crippen LogP contribution is -2.39. The van der Waals surface area contributed by atoms with Gasteiger partial charge in [0.1, 0.15) is 0 Å². The maximum atomic E-state index is 5.98. The first-order chi connectivity index (χ1) is 7.65. The highest BCUT2D eigenvalue weighted by atomic mass is 35.5. The van der Waals surface area contributed by atoms with Crippen molar-refractivity contribution in [3.8, 4) is 0 Å². The summed E-state index contributed by atoms with van der Waals surface area (Å²) in [4.78, 5) is 2.35. The molecule has 1 N–H and O–H groups in total. The van der Waals surface area contributed by atoms with Gasteiger partial charge in [0.2, 0.25) is 0 Å². The van der Waals surface area contributed by atoms with E-state index in [2.05, 4.69) is 17.3 Å². The number of halogens is 2. The molecule has 88 valence electrons. The number of likely N-dealkylation sites (N-methyl/N-ethyl adjacent to an activating group) is 1. The SMILES string of the molecule is CN1CCCC(Nc2ccc(Cl)c(Cl)c2)C1. The second kappa shape index (κ2) is 5.26. The fraction of sp³-hybridized carbons (Fsp3) is 0.500. The van der Waals surface area contributed by atoms with Crippen LogP contribution in [0.15, 0.2) is 18.2 Å². The number of benzene rings is 1. The summed E-state index contributed by atoms with van der Waals surface area (Å²) in [6.45, 7) is 2.28. The van der Waals surface area contributed by atoms with Gasteiger partial charge in [-0.05, 0) is 44.6 Å². The molecule has 1 aliphatic rings. The quantitative estimate of drug-likeness (QED) is 0.874. The van der Waals surface area contributed by atoms with Crippen LogP contribution in [-0.2, 0) is 0 Å². The first-order valence-corrected chi connectivity index (χ1v) is 6.31. The van der Waals surface area contributed by atoms with Gasteiger partial charge in [0, 0.05) is 18.3 Å². The highest BCUT2D eigenvalue weighted by Crippen LogP contribution is 2.26. The number of hydrogen-bond donors (Lipinski definition) is 1. The van der Waals surface area contributed by atoms with Crippen molar-refractivity contribution in [2.75, 3.05) is 25.5 Å². The molecule has 0 bridgehead atoms. The molecule has 0 aliphatic carbocycles. The van der Waals surface area contributed by atoms with Crippen LogP contribution in [0.1, 0.15) is 12.8 Å². The molecule has 0 saturated carbocycles. The summed E-state index contributed by atoms with van der Waals surface area (Å²) in [5.41, 5.74) is 1.05. The van der Waals surface area contributed by atoms with Crippen LogP contribution in [0.4, 0.5) is 5.69 Å². The van der Waals surface area contributed by atoms with Crippen LogP contribution in [0, 0.1) is 0 Å². The zero-order chi connectivity index (χ0) is 11.5. The van der Waals surface area contributed by atoms with Crippen LogP contribution in [0.3, 0.4) is 0 Å². The summed E-state index contributed by atoms with van der Waals surface area (Å²) in [5, 5.41) is 4.71. The van der Waals surface area contributed by atoms with Crippen molar-refractivity contribution in [3.63, 3.8) is 0 Å². The van der Waals surface area contributed by atoms with Crippen molar-refractivity contribution in [2.24, 2.45) is 0 Å². The second-order valence-electron chi connectivity index (χ2n) is 4.37. The molecule has 1 atom stereocenters. The molecule has 2 rings (SSSR count). The van der Waals surface area contributed by atoms with Gasteiger partial charge in [-0.1, -0.05) is 23.2 Å². The van der Waals surface area contributed by atoms with Crippen molar-refractivity contribution < 1.29 is 0 Å². The Labute approximate surface area is 107 Å². The summed E-state index contributed by atoms with van der Waals surface area (Å²) in [7, 11) is 2.16. The Hall–Kier alpha value is -0.440. The molecule has 1 heterocycles. The molecule has 1 aromatic rings. The van der Waals surface area contributed by atoms with Crippen molar-refractivity contribution in [2.45, 2.75) is 18.9 Å². The van der Waals surface area contributed by atoms with Crippen LogP contribution in [0.5, 0.6) is 0 Å². The fourth-order valence-corrected chi connectivity index (χ4v) is 2.40. The Kier molecular flexibility index (Phi) is 3.95. The fourth-order valence-electron chi connectivity index (χ4n) is 2.11. The number of nitrogens with zero attached hydrogens (tertiary/aromatic N) is 1. The van der Waals surface area contributed by atoms with E-state index in [4.69, 9.17) is 23.2 Å². The number of likely N-dealkylation sites (tertiary alicyclic amines) is 1. The van der Waals surface area contributed by atoms with E-state index in [-0.39, 0.29) is 0 Å². The summed E-state index contributed by atoms with van der Waals surface area (Å²) < 4.78 is 0. The monoisotopic (exact) mass is 258 g/mol. The molecule has 0 spiro atoms. The van der Waals surface area contributed by atoms with Gasteiger partial charge in [0.05, 0.1) is 10.0 Å². The highest BCUT2D eigenvalue weighted by molar-refractivity contribution is 6.42. The minimum atomic E-state index is 0.510. The highest BCUT2D eigenvalue weighted by Gasteiger charge is 2.16. The van der Waals surface area contributed by atoms with Gasteiger partial charge >= 0.3 is 0 Å². The Morgan fingerprint density at radius 2 is 2.12 bits per heavy atom. The third-order valence-corrected chi connectivity index (χ3v) is 3.65. The van der Waals surface area contributed by atoms with Crippen molar-refractivity contribution in [3.05, 3.63) is 28.2 Å². The predicted octanol–water partition coefficient (Wildman–Crippen LogP) is 3.50. The Bertz CT molecular complexity index is 368. The van der Waals surface area contributed by atoms with Gasteiger partial charge in [-0.15, -0.1) is 0 Å². The molecule has 0 aromatic heterocycles. The molecular weight excluding hydrogens is 243 g/mol. The van der Waals surface area contributed by atoms with E-state index >= 15 is 0 Å². The van der Waals surface area contributed by atoms with E-state index < -0.39 is 0 Å². The van der Waals surface area contributed by atoms with Gasteiger partial charge in [0.15, 0.2) is 0 Å². The molecule has 4 heteroatoms.